The average Bonchev–Trinajstić information content (AvgIpc) is 2.33. The zero-order valence-electron chi connectivity index (χ0n) is 10.5. The summed E-state index contributed by atoms with van der Waals surface area (Å²) >= 11 is 0. The van der Waals surface area contributed by atoms with Crippen molar-refractivity contribution in [1.29, 1.82) is 0 Å². The van der Waals surface area contributed by atoms with Crippen molar-refractivity contribution in [2.45, 2.75) is 13.8 Å². The molecule has 19 heavy (non-hydrogen) atoms. The van der Waals surface area contributed by atoms with E-state index in [1.165, 1.54) is 30.5 Å². The van der Waals surface area contributed by atoms with Crippen LogP contribution in [0.5, 0.6) is 0 Å². The summed E-state index contributed by atoms with van der Waals surface area (Å²) < 4.78 is 26.6. The third kappa shape index (κ3) is 2.93. The number of carbonyl (C=O) groups excluding carboxylic acids is 1. The molecule has 5 heteroatoms. The molecule has 3 nitrogen and oxygen atoms in total. The Balaban J connectivity index is 2.23. The Morgan fingerprint density at radius 2 is 1.89 bits per heavy atom. The van der Waals surface area contributed by atoms with Crippen LogP contribution in [0, 0.1) is 25.5 Å². The number of benzene rings is 1. The maximum atomic E-state index is 13.6. The summed E-state index contributed by atoms with van der Waals surface area (Å²) in [6.07, 6.45) is 1.41. The number of halogens is 2. The molecule has 1 N–H and O–H groups in total. The number of aromatic nitrogens is 1. The zero-order chi connectivity index (χ0) is 14.0. The van der Waals surface area contributed by atoms with E-state index in [9.17, 15) is 13.6 Å². The Labute approximate surface area is 109 Å². The lowest BCUT2D eigenvalue weighted by atomic mass is 10.2. The molecule has 0 saturated carbocycles. The number of anilines is 1. The fourth-order valence-corrected chi connectivity index (χ4v) is 1.61. The van der Waals surface area contributed by atoms with Gasteiger partial charge in [-0.3, -0.25) is 4.79 Å². The second kappa shape index (κ2) is 5.14. The predicted octanol–water partition coefficient (Wildman–Crippen LogP) is 3.23. The van der Waals surface area contributed by atoms with Gasteiger partial charge in [-0.25, -0.2) is 13.8 Å². The van der Waals surface area contributed by atoms with Crippen LogP contribution in [0.3, 0.4) is 0 Å². The molecule has 0 aliphatic rings. The minimum Gasteiger partial charge on any atom is -0.321 e. The van der Waals surface area contributed by atoms with Gasteiger partial charge >= 0.3 is 0 Å². The van der Waals surface area contributed by atoms with E-state index in [1.807, 2.05) is 0 Å². The van der Waals surface area contributed by atoms with Crippen molar-refractivity contribution in [2.75, 3.05) is 5.32 Å². The highest BCUT2D eigenvalue weighted by molar-refractivity contribution is 6.03. The molecule has 0 fully saturated rings. The molecule has 2 rings (SSSR count). The van der Waals surface area contributed by atoms with Crippen LogP contribution in [0.4, 0.5) is 14.5 Å². The third-order valence-electron chi connectivity index (χ3n) is 2.61. The quantitative estimate of drug-likeness (QED) is 0.902. The molecule has 0 atom stereocenters. The van der Waals surface area contributed by atoms with Crippen LogP contribution in [0.25, 0.3) is 0 Å². The molecule has 0 aliphatic heterocycles. The molecule has 0 radical (unpaired) electrons. The van der Waals surface area contributed by atoms with Gasteiger partial charge in [0.15, 0.2) is 11.5 Å². The normalized spacial score (nSPS) is 10.3. The zero-order valence-corrected chi connectivity index (χ0v) is 10.5. The van der Waals surface area contributed by atoms with Gasteiger partial charge in [-0.05, 0) is 49.2 Å². The molecule has 1 heterocycles. The Morgan fingerprint density at radius 1 is 1.16 bits per heavy atom. The lowest BCUT2D eigenvalue weighted by Crippen LogP contribution is -2.16. The number of hydrogen-bond donors (Lipinski definition) is 1. The average molecular weight is 262 g/mol. The maximum absolute atomic E-state index is 13.6. The first kappa shape index (κ1) is 13.1. The highest BCUT2D eigenvalue weighted by Crippen LogP contribution is 2.15. The smallest absolute Gasteiger partial charge is 0.277 e. The Bertz CT molecular complexity index is 641. The summed E-state index contributed by atoms with van der Waals surface area (Å²) in [7, 11) is 0. The number of hydrogen-bond acceptors (Lipinski definition) is 2. The van der Waals surface area contributed by atoms with Gasteiger partial charge < -0.3 is 5.32 Å². The van der Waals surface area contributed by atoms with E-state index in [-0.39, 0.29) is 11.5 Å². The summed E-state index contributed by atoms with van der Waals surface area (Å²) in [5.41, 5.74) is 1.14. The van der Waals surface area contributed by atoms with E-state index in [0.29, 0.717) is 16.8 Å². The number of pyridine rings is 1. The molecule has 0 aliphatic carbocycles. The van der Waals surface area contributed by atoms with Crippen LogP contribution in [0.2, 0.25) is 0 Å². The van der Waals surface area contributed by atoms with Gasteiger partial charge in [0.05, 0.1) is 0 Å². The van der Waals surface area contributed by atoms with Gasteiger partial charge in [-0.15, -0.1) is 0 Å². The number of aryl methyl sites for hydroxylation is 2. The van der Waals surface area contributed by atoms with E-state index in [0.717, 1.165) is 0 Å². The summed E-state index contributed by atoms with van der Waals surface area (Å²) in [5.74, 6) is -1.71. The van der Waals surface area contributed by atoms with Gasteiger partial charge in [0.2, 0.25) is 0 Å². The van der Waals surface area contributed by atoms with Gasteiger partial charge in [-0.2, -0.15) is 0 Å². The molecule has 1 aromatic carbocycles. The predicted molar refractivity (Wildman–Crippen MR) is 68.0 cm³/mol. The van der Waals surface area contributed by atoms with E-state index in [1.54, 1.807) is 13.8 Å². The molecule has 0 spiro atoms. The fraction of sp³-hybridized carbons (Fsp3) is 0.143. The van der Waals surface area contributed by atoms with Crippen LogP contribution < -0.4 is 5.32 Å². The van der Waals surface area contributed by atoms with Gasteiger partial charge in [0.1, 0.15) is 5.82 Å². The second-order valence-corrected chi connectivity index (χ2v) is 4.26. The van der Waals surface area contributed by atoms with Crippen LogP contribution >= 0.6 is 0 Å². The first-order valence-corrected chi connectivity index (χ1v) is 5.67. The van der Waals surface area contributed by atoms with Gasteiger partial charge in [0.25, 0.3) is 5.91 Å². The SMILES string of the molecule is Cc1cnc(C(=O)Nc2ccc(F)c(C)c2)c(F)c1. The summed E-state index contributed by atoms with van der Waals surface area (Å²) in [6.45, 7) is 3.26. The highest BCUT2D eigenvalue weighted by Gasteiger charge is 2.14. The van der Waals surface area contributed by atoms with Crippen LogP contribution in [0.15, 0.2) is 30.5 Å². The van der Waals surface area contributed by atoms with Crippen molar-refractivity contribution in [3.8, 4) is 0 Å². The minimum atomic E-state index is -0.684. The minimum absolute atomic E-state index is 0.285. The van der Waals surface area contributed by atoms with Gasteiger partial charge in [0, 0.05) is 11.9 Å². The summed E-state index contributed by atoms with van der Waals surface area (Å²) in [5, 5.41) is 2.48. The van der Waals surface area contributed by atoms with E-state index in [2.05, 4.69) is 10.3 Å². The highest BCUT2D eigenvalue weighted by atomic mass is 19.1. The number of nitrogens with one attached hydrogen (secondary N) is 1. The summed E-state index contributed by atoms with van der Waals surface area (Å²) in [6, 6.07) is 5.35. The Hall–Kier alpha value is -2.30. The maximum Gasteiger partial charge on any atom is 0.277 e. The van der Waals surface area contributed by atoms with E-state index < -0.39 is 11.7 Å². The number of amides is 1. The molecular formula is C14H12F2N2O. The van der Waals surface area contributed by atoms with Crippen LogP contribution in [0.1, 0.15) is 21.6 Å². The van der Waals surface area contributed by atoms with E-state index in [4.69, 9.17) is 0 Å². The van der Waals surface area contributed by atoms with Crippen molar-refractivity contribution in [3.05, 3.63) is 58.9 Å². The summed E-state index contributed by atoms with van der Waals surface area (Å²) in [4.78, 5) is 15.6. The van der Waals surface area contributed by atoms with E-state index >= 15 is 0 Å². The fourth-order valence-electron chi connectivity index (χ4n) is 1.61. The van der Waals surface area contributed by atoms with Crippen molar-refractivity contribution in [1.82, 2.24) is 4.98 Å². The number of carbonyl (C=O) groups is 1. The van der Waals surface area contributed by atoms with Gasteiger partial charge in [-0.1, -0.05) is 0 Å². The molecule has 1 aromatic heterocycles. The first-order chi connectivity index (χ1) is 8.97. The lowest BCUT2D eigenvalue weighted by Gasteiger charge is -2.07. The topological polar surface area (TPSA) is 42.0 Å². The molecule has 98 valence electrons. The van der Waals surface area contributed by atoms with Crippen LogP contribution in [-0.2, 0) is 0 Å². The van der Waals surface area contributed by atoms with Crippen molar-refractivity contribution in [2.24, 2.45) is 0 Å². The van der Waals surface area contributed by atoms with Crippen LogP contribution in [-0.4, -0.2) is 10.9 Å². The molecule has 0 unspecified atom stereocenters. The largest absolute Gasteiger partial charge is 0.321 e. The number of nitrogens with zero attached hydrogens (tertiary/aromatic N) is 1. The molecule has 0 bridgehead atoms. The second-order valence-electron chi connectivity index (χ2n) is 4.26. The molecule has 2 aromatic rings. The monoisotopic (exact) mass is 262 g/mol. The molecular weight excluding hydrogens is 250 g/mol. The lowest BCUT2D eigenvalue weighted by molar-refractivity contribution is 0.101. The molecule has 0 saturated heterocycles. The standard InChI is InChI=1S/C14H12F2N2O/c1-8-5-12(16)13(17-7-8)14(19)18-10-3-4-11(15)9(2)6-10/h3-7H,1-2H3,(H,18,19). The molecule has 1 amide bonds. The third-order valence-corrected chi connectivity index (χ3v) is 2.61. The first-order valence-electron chi connectivity index (χ1n) is 5.67. The van der Waals surface area contributed by atoms with Crippen molar-refractivity contribution in [3.63, 3.8) is 0 Å². The van der Waals surface area contributed by atoms with Crippen molar-refractivity contribution >= 4 is 11.6 Å². The Kier molecular flexibility index (Phi) is 3.55. The number of rotatable bonds is 2. The Morgan fingerprint density at radius 3 is 2.53 bits per heavy atom. The van der Waals surface area contributed by atoms with Crippen molar-refractivity contribution < 1.29 is 13.6 Å².